The van der Waals surface area contributed by atoms with Gasteiger partial charge in [0.1, 0.15) is 5.75 Å². The first-order valence-corrected chi connectivity index (χ1v) is 9.02. The van der Waals surface area contributed by atoms with Crippen molar-refractivity contribution in [2.75, 3.05) is 18.5 Å². The van der Waals surface area contributed by atoms with E-state index in [9.17, 15) is 0 Å². The summed E-state index contributed by atoms with van der Waals surface area (Å²) in [4.78, 5) is 2.61. The molecule has 1 saturated heterocycles. The molecule has 3 rings (SSSR count). The number of piperidine rings is 1. The molecule has 20 heavy (non-hydrogen) atoms. The molecular weight excluding hydrogens is 338 g/mol. The van der Waals surface area contributed by atoms with Crippen molar-refractivity contribution in [2.24, 2.45) is 0 Å². The van der Waals surface area contributed by atoms with Crippen molar-refractivity contribution in [3.63, 3.8) is 0 Å². The lowest BCUT2D eigenvalue weighted by Crippen LogP contribution is -2.39. The summed E-state index contributed by atoms with van der Waals surface area (Å²) < 4.78 is 5.83. The Bertz CT molecular complexity index is 478. The molecule has 1 fully saturated rings. The Labute approximate surface area is 134 Å². The van der Waals surface area contributed by atoms with Gasteiger partial charge in [-0.05, 0) is 43.5 Å². The maximum absolute atomic E-state index is 6.26. The van der Waals surface area contributed by atoms with Crippen molar-refractivity contribution in [1.29, 1.82) is 0 Å². The Hall–Kier alpha value is -0.250. The average Bonchev–Trinajstić information content (AvgIpc) is 2.89. The standard InChI is InChI=1S/C16H21BrClNO/c17-6-4-15-3-1-2-7-19(15)11-13-10-14(18)9-12-5-8-20-16(12)13/h9-10,15H,1-8,11H2. The zero-order chi connectivity index (χ0) is 13.9. The molecule has 0 radical (unpaired) electrons. The minimum Gasteiger partial charge on any atom is -0.493 e. The van der Waals surface area contributed by atoms with Crippen LogP contribution >= 0.6 is 27.5 Å². The van der Waals surface area contributed by atoms with Gasteiger partial charge in [0.05, 0.1) is 6.61 Å². The molecule has 0 amide bonds. The van der Waals surface area contributed by atoms with Crippen LogP contribution in [0.1, 0.15) is 36.8 Å². The van der Waals surface area contributed by atoms with Gasteiger partial charge in [-0.2, -0.15) is 0 Å². The highest BCUT2D eigenvalue weighted by Gasteiger charge is 2.25. The van der Waals surface area contributed by atoms with Gasteiger partial charge < -0.3 is 4.74 Å². The molecule has 0 aromatic heterocycles. The summed E-state index contributed by atoms with van der Waals surface area (Å²) in [7, 11) is 0. The molecule has 0 spiro atoms. The lowest BCUT2D eigenvalue weighted by atomic mass is 9.98. The van der Waals surface area contributed by atoms with Gasteiger partial charge in [0.25, 0.3) is 0 Å². The molecule has 0 N–H and O–H groups in total. The Morgan fingerprint density at radius 1 is 1.35 bits per heavy atom. The minimum absolute atomic E-state index is 0.694. The first kappa shape index (κ1) is 14.7. The van der Waals surface area contributed by atoms with Gasteiger partial charge in [0.2, 0.25) is 0 Å². The van der Waals surface area contributed by atoms with Crippen molar-refractivity contribution in [3.05, 3.63) is 28.3 Å². The predicted octanol–water partition coefficient (Wildman–Crippen LogP) is 4.41. The largest absolute Gasteiger partial charge is 0.493 e. The van der Waals surface area contributed by atoms with Crippen molar-refractivity contribution in [1.82, 2.24) is 4.90 Å². The Balaban J connectivity index is 1.79. The number of benzene rings is 1. The van der Waals surface area contributed by atoms with E-state index >= 15 is 0 Å². The fourth-order valence-corrected chi connectivity index (χ4v) is 4.20. The third-order valence-corrected chi connectivity index (χ3v) is 5.07. The highest BCUT2D eigenvalue weighted by atomic mass is 79.9. The van der Waals surface area contributed by atoms with Crippen molar-refractivity contribution in [3.8, 4) is 5.75 Å². The molecule has 1 aromatic carbocycles. The number of nitrogens with zero attached hydrogens (tertiary/aromatic N) is 1. The molecule has 1 aromatic rings. The molecule has 0 saturated carbocycles. The Kier molecular flexibility index (Phi) is 4.90. The number of hydrogen-bond donors (Lipinski definition) is 0. The molecule has 1 unspecified atom stereocenters. The van der Waals surface area contributed by atoms with Crippen LogP contribution in [0.2, 0.25) is 5.02 Å². The zero-order valence-corrected chi connectivity index (χ0v) is 14.0. The van der Waals surface area contributed by atoms with E-state index in [0.29, 0.717) is 6.04 Å². The van der Waals surface area contributed by atoms with Crippen LogP contribution in [0.15, 0.2) is 12.1 Å². The number of rotatable bonds is 4. The first-order valence-electron chi connectivity index (χ1n) is 7.52. The van der Waals surface area contributed by atoms with Crippen molar-refractivity contribution >= 4 is 27.5 Å². The topological polar surface area (TPSA) is 12.5 Å². The second-order valence-electron chi connectivity index (χ2n) is 5.75. The van der Waals surface area contributed by atoms with Crippen LogP contribution < -0.4 is 4.74 Å². The highest BCUT2D eigenvalue weighted by Crippen LogP contribution is 2.35. The second-order valence-corrected chi connectivity index (χ2v) is 6.98. The lowest BCUT2D eigenvalue weighted by Gasteiger charge is -2.35. The van der Waals surface area contributed by atoms with Gasteiger partial charge in [0.15, 0.2) is 0 Å². The SMILES string of the molecule is Clc1cc2c(c(CN3CCCCC3CCBr)c1)OCC2. The van der Waals surface area contributed by atoms with E-state index in [4.69, 9.17) is 16.3 Å². The van der Waals surface area contributed by atoms with Crippen LogP contribution in [0.4, 0.5) is 0 Å². The van der Waals surface area contributed by atoms with E-state index < -0.39 is 0 Å². The first-order chi connectivity index (χ1) is 9.78. The van der Waals surface area contributed by atoms with E-state index in [0.717, 1.165) is 35.7 Å². The second kappa shape index (κ2) is 6.67. The molecule has 4 heteroatoms. The summed E-state index contributed by atoms with van der Waals surface area (Å²) in [5, 5.41) is 1.93. The molecule has 1 atom stereocenters. The average molecular weight is 359 g/mol. The van der Waals surface area contributed by atoms with Gasteiger partial charge in [-0.15, -0.1) is 0 Å². The molecule has 2 nitrogen and oxygen atoms in total. The zero-order valence-electron chi connectivity index (χ0n) is 11.7. The summed E-state index contributed by atoms with van der Waals surface area (Å²) in [6.07, 6.45) is 6.20. The van der Waals surface area contributed by atoms with Crippen LogP contribution in [0.3, 0.4) is 0 Å². The number of alkyl halides is 1. The summed E-state index contributed by atoms with van der Waals surface area (Å²) in [6, 6.07) is 4.84. The van der Waals surface area contributed by atoms with E-state index in [2.05, 4.69) is 33.0 Å². The van der Waals surface area contributed by atoms with Crippen LogP contribution in [0.25, 0.3) is 0 Å². The van der Waals surface area contributed by atoms with Gasteiger partial charge >= 0.3 is 0 Å². The fourth-order valence-electron chi connectivity index (χ4n) is 3.40. The van der Waals surface area contributed by atoms with Crippen LogP contribution in [-0.2, 0) is 13.0 Å². The normalized spacial score (nSPS) is 22.6. The molecular formula is C16H21BrClNO. The van der Waals surface area contributed by atoms with E-state index in [1.54, 1.807) is 0 Å². The van der Waals surface area contributed by atoms with Crippen LogP contribution in [0.5, 0.6) is 5.75 Å². The Morgan fingerprint density at radius 2 is 2.25 bits per heavy atom. The maximum atomic E-state index is 6.26. The van der Waals surface area contributed by atoms with Gasteiger partial charge in [0, 0.05) is 34.9 Å². The number of ether oxygens (including phenoxy) is 1. The third-order valence-electron chi connectivity index (χ3n) is 4.39. The maximum Gasteiger partial charge on any atom is 0.127 e. The lowest BCUT2D eigenvalue weighted by molar-refractivity contribution is 0.136. The van der Waals surface area contributed by atoms with E-state index in [-0.39, 0.29) is 0 Å². The number of likely N-dealkylation sites (tertiary alicyclic amines) is 1. The summed E-state index contributed by atoms with van der Waals surface area (Å²) in [6.45, 7) is 2.97. The van der Waals surface area contributed by atoms with Gasteiger partial charge in [-0.25, -0.2) is 0 Å². The summed E-state index contributed by atoms with van der Waals surface area (Å²) in [5.74, 6) is 1.09. The van der Waals surface area contributed by atoms with Crippen molar-refractivity contribution < 1.29 is 4.74 Å². The van der Waals surface area contributed by atoms with Gasteiger partial charge in [-0.1, -0.05) is 34.0 Å². The monoisotopic (exact) mass is 357 g/mol. The minimum atomic E-state index is 0.694. The molecule has 2 aliphatic rings. The van der Waals surface area contributed by atoms with Crippen LogP contribution in [-0.4, -0.2) is 29.4 Å². The summed E-state index contributed by atoms with van der Waals surface area (Å²) in [5.41, 5.74) is 2.55. The fraction of sp³-hybridized carbons (Fsp3) is 0.625. The molecule has 110 valence electrons. The highest BCUT2D eigenvalue weighted by molar-refractivity contribution is 9.09. The molecule has 2 aliphatic heterocycles. The number of fused-ring (bicyclic) bond motifs is 1. The molecule has 0 bridgehead atoms. The van der Waals surface area contributed by atoms with Gasteiger partial charge in [-0.3, -0.25) is 4.90 Å². The molecule has 0 aliphatic carbocycles. The van der Waals surface area contributed by atoms with Crippen LogP contribution in [0, 0.1) is 0 Å². The number of hydrogen-bond acceptors (Lipinski definition) is 2. The smallest absolute Gasteiger partial charge is 0.127 e. The van der Waals surface area contributed by atoms with E-state index in [1.165, 1.54) is 43.4 Å². The van der Waals surface area contributed by atoms with Crippen molar-refractivity contribution in [2.45, 2.75) is 44.7 Å². The molecule has 2 heterocycles. The Morgan fingerprint density at radius 3 is 3.10 bits per heavy atom. The number of halogens is 2. The summed E-state index contributed by atoms with van der Waals surface area (Å²) >= 11 is 9.85. The predicted molar refractivity (Wildman–Crippen MR) is 87.1 cm³/mol. The van der Waals surface area contributed by atoms with E-state index in [1.807, 2.05) is 0 Å². The quantitative estimate of drug-likeness (QED) is 0.739. The third kappa shape index (κ3) is 3.15.